The van der Waals surface area contributed by atoms with Crippen molar-refractivity contribution in [3.8, 4) is 5.75 Å². The van der Waals surface area contributed by atoms with Gasteiger partial charge in [-0.3, -0.25) is 0 Å². The fourth-order valence-electron chi connectivity index (χ4n) is 2.25. The van der Waals surface area contributed by atoms with Gasteiger partial charge >= 0.3 is 0 Å². The monoisotopic (exact) mass is 238 g/mol. The minimum Gasteiger partial charge on any atom is -0.508 e. The van der Waals surface area contributed by atoms with Crippen molar-refractivity contribution in [3.05, 3.63) is 29.8 Å². The lowest BCUT2D eigenvalue weighted by atomic mass is 9.87. The number of rotatable bonds is 2. The van der Waals surface area contributed by atoms with E-state index in [9.17, 15) is 10.2 Å². The third kappa shape index (κ3) is 2.53. The molecule has 2 rings (SSSR count). The first-order valence-electron chi connectivity index (χ1n) is 5.72. The predicted octanol–water partition coefficient (Wildman–Crippen LogP) is 2.58. The molecule has 0 aromatic heterocycles. The van der Waals surface area contributed by atoms with Gasteiger partial charge in [0.25, 0.3) is 0 Å². The molecule has 0 saturated carbocycles. The van der Waals surface area contributed by atoms with Crippen LogP contribution in [0, 0.1) is 0 Å². The largest absolute Gasteiger partial charge is 0.508 e. The van der Waals surface area contributed by atoms with Crippen molar-refractivity contribution in [3.63, 3.8) is 0 Å². The summed E-state index contributed by atoms with van der Waals surface area (Å²) >= 11 is 1.84. The van der Waals surface area contributed by atoms with Crippen molar-refractivity contribution in [1.82, 2.24) is 0 Å². The van der Waals surface area contributed by atoms with Crippen LogP contribution in [0.3, 0.4) is 0 Å². The van der Waals surface area contributed by atoms with Crippen LogP contribution in [0.25, 0.3) is 0 Å². The van der Waals surface area contributed by atoms with Gasteiger partial charge in [-0.15, -0.1) is 0 Å². The van der Waals surface area contributed by atoms with Crippen molar-refractivity contribution in [1.29, 1.82) is 0 Å². The zero-order valence-electron chi connectivity index (χ0n) is 9.52. The van der Waals surface area contributed by atoms with Crippen molar-refractivity contribution < 1.29 is 10.2 Å². The maximum absolute atomic E-state index is 10.6. The minimum atomic E-state index is -0.614. The Morgan fingerprint density at radius 3 is 3.00 bits per heavy atom. The number of hydrogen-bond acceptors (Lipinski definition) is 3. The third-order valence-corrected chi connectivity index (χ3v) is 4.76. The summed E-state index contributed by atoms with van der Waals surface area (Å²) in [6.45, 7) is 2.09. The molecule has 2 unspecified atom stereocenters. The zero-order chi connectivity index (χ0) is 11.6. The third-order valence-electron chi connectivity index (χ3n) is 3.30. The summed E-state index contributed by atoms with van der Waals surface area (Å²) in [5, 5.41) is 20.3. The highest BCUT2D eigenvalue weighted by molar-refractivity contribution is 8.00. The van der Waals surface area contributed by atoms with E-state index in [-0.39, 0.29) is 11.0 Å². The van der Waals surface area contributed by atoms with E-state index in [1.807, 2.05) is 23.9 Å². The molecule has 3 heteroatoms. The van der Waals surface area contributed by atoms with Crippen LogP contribution >= 0.6 is 11.8 Å². The van der Waals surface area contributed by atoms with Crippen molar-refractivity contribution in [2.24, 2.45) is 0 Å². The smallest absolute Gasteiger partial charge is 0.115 e. The summed E-state index contributed by atoms with van der Waals surface area (Å²) in [6.07, 6.45) is 2.57. The molecule has 0 spiro atoms. The maximum atomic E-state index is 10.6. The number of phenols is 1. The molecule has 1 heterocycles. The molecule has 1 aromatic carbocycles. The molecule has 1 fully saturated rings. The average Bonchev–Trinajstić information content (AvgIpc) is 2.23. The van der Waals surface area contributed by atoms with E-state index >= 15 is 0 Å². The predicted molar refractivity (Wildman–Crippen MR) is 67.9 cm³/mol. The zero-order valence-corrected chi connectivity index (χ0v) is 10.3. The van der Waals surface area contributed by atoms with E-state index < -0.39 is 5.60 Å². The standard InChI is InChI=1S/C13H18O2S/c1-10-13(15,6-3-7-16-10)9-11-4-2-5-12(14)8-11/h2,4-5,8,10,14-15H,3,6-7,9H2,1H3. The average molecular weight is 238 g/mol. The lowest BCUT2D eigenvalue weighted by molar-refractivity contribution is 0.0297. The quantitative estimate of drug-likeness (QED) is 0.832. The maximum Gasteiger partial charge on any atom is 0.115 e. The Labute approximate surface area is 101 Å². The molecule has 0 amide bonds. The summed E-state index contributed by atoms with van der Waals surface area (Å²) in [5.74, 6) is 1.42. The van der Waals surface area contributed by atoms with Crippen molar-refractivity contribution in [2.75, 3.05) is 5.75 Å². The molecule has 0 aliphatic carbocycles. The number of benzene rings is 1. The molecule has 2 nitrogen and oxygen atoms in total. The molecule has 2 atom stereocenters. The topological polar surface area (TPSA) is 40.5 Å². The van der Waals surface area contributed by atoms with Crippen LogP contribution in [0.4, 0.5) is 0 Å². The first kappa shape index (κ1) is 11.8. The molecule has 1 saturated heterocycles. The second kappa shape index (κ2) is 4.68. The first-order chi connectivity index (χ1) is 7.60. The van der Waals surface area contributed by atoms with Gasteiger partial charge in [-0.05, 0) is 36.3 Å². The Bertz CT molecular complexity index is 367. The minimum absolute atomic E-state index is 0.267. The molecule has 16 heavy (non-hydrogen) atoms. The first-order valence-corrected chi connectivity index (χ1v) is 6.77. The summed E-state index contributed by atoms with van der Waals surface area (Å²) in [7, 11) is 0. The van der Waals surface area contributed by atoms with Crippen LogP contribution in [0.1, 0.15) is 25.3 Å². The fourth-order valence-corrected chi connectivity index (χ4v) is 3.42. The highest BCUT2D eigenvalue weighted by atomic mass is 32.2. The summed E-state index contributed by atoms with van der Waals surface area (Å²) < 4.78 is 0. The Morgan fingerprint density at radius 1 is 1.50 bits per heavy atom. The van der Waals surface area contributed by atoms with E-state index in [0.29, 0.717) is 6.42 Å². The number of aliphatic hydroxyl groups is 1. The molecule has 88 valence electrons. The second-order valence-electron chi connectivity index (χ2n) is 4.57. The van der Waals surface area contributed by atoms with E-state index in [0.717, 1.165) is 24.2 Å². The van der Waals surface area contributed by atoms with Gasteiger partial charge in [-0.1, -0.05) is 19.1 Å². The lowest BCUT2D eigenvalue weighted by Gasteiger charge is -2.37. The molecule has 2 N–H and O–H groups in total. The van der Waals surface area contributed by atoms with Crippen LogP contribution in [-0.2, 0) is 6.42 Å². The molecule has 0 bridgehead atoms. The van der Waals surface area contributed by atoms with Crippen molar-refractivity contribution >= 4 is 11.8 Å². The summed E-state index contributed by atoms with van der Waals surface area (Å²) in [4.78, 5) is 0. The molecule has 1 aliphatic rings. The van der Waals surface area contributed by atoms with E-state index in [1.165, 1.54) is 0 Å². The van der Waals surface area contributed by atoms with Gasteiger partial charge in [0.15, 0.2) is 0 Å². The fraction of sp³-hybridized carbons (Fsp3) is 0.538. The van der Waals surface area contributed by atoms with Gasteiger partial charge in [0.05, 0.1) is 5.60 Å². The number of hydrogen-bond donors (Lipinski definition) is 2. The van der Waals surface area contributed by atoms with Crippen molar-refractivity contribution in [2.45, 2.75) is 37.0 Å². The molecular formula is C13H18O2S. The number of aromatic hydroxyl groups is 1. The Kier molecular flexibility index (Phi) is 3.45. The Morgan fingerprint density at radius 2 is 2.31 bits per heavy atom. The van der Waals surface area contributed by atoms with E-state index in [4.69, 9.17) is 0 Å². The molecule has 0 radical (unpaired) electrons. The van der Waals surface area contributed by atoms with Gasteiger partial charge in [0.1, 0.15) is 5.75 Å². The van der Waals surface area contributed by atoms with Gasteiger partial charge in [-0.2, -0.15) is 11.8 Å². The Balaban J connectivity index is 2.13. The van der Waals surface area contributed by atoms with Crippen LogP contribution < -0.4 is 0 Å². The molecular weight excluding hydrogens is 220 g/mol. The second-order valence-corrected chi connectivity index (χ2v) is 6.02. The number of thioether (sulfide) groups is 1. The molecule has 1 aromatic rings. The van der Waals surface area contributed by atoms with Crippen LogP contribution in [0.5, 0.6) is 5.75 Å². The summed E-state index contributed by atoms with van der Waals surface area (Å²) in [6, 6.07) is 7.19. The normalized spacial score (nSPS) is 30.2. The van der Waals surface area contributed by atoms with Crippen LogP contribution in [-0.4, -0.2) is 26.8 Å². The SMILES string of the molecule is CC1SCCCC1(O)Cc1cccc(O)c1. The number of phenolic OH excluding ortho intramolecular Hbond substituents is 1. The van der Waals surface area contributed by atoms with Gasteiger partial charge < -0.3 is 10.2 Å². The lowest BCUT2D eigenvalue weighted by Crippen LogP contribution is -2.43. The highest BCUT2D eigenvalue weighted by Gasteiger charge is 2.36. The Hall–Kier alpha value is -0.670. The highest BCUT2D eigenvalue weighted by Crippen LogP contribution is 2.36. The van der Waals surface area contributed by atoms with Crippen LogP contribution in [0.2, 0.25) is 0 Å². The van der Waals surface area contributed by atoms with Gasteiger partial charge in [0, 0.05) is 11.7 Å². The summed E-state index contributed by atoms with van der Waals surface area (Å²) in [5.41, 5.74) is 0.397. The van der Waals surface area contributed by atoms with Gasteiger partial charge in [-0.25, -0.2) is 0 Å². The van der Waals surface area contributed by atoms with E-state index in [2.05, 4.69) is 6.92 Å². The van der Waals surface area contributed by atoms with E-state index in [1.54, 1.807) is 12.1 Å². The van der Waals surface area contributed by atoms with Gasteiger partial charge in [0.2, 0.25) is 0 Å². The molecule has 1 aliphatic heterocycles. The van der Waals surface area contributed by atoms with Crippen LogP contribution in [0.15, 0.2) is 24.3 Å².